The van der Waals surface area contributed by atoms with Crippen molar-refractivity contribution in [2.75, 3.05) is 0 Å². The number of aromatic nitrogens is 2. The van der Waals surface area contributed by atoms with Gasteiger partial charge in [-0.25, -0.2) is 14.0 Å². The number of aromatic amines is 1. The SMILES string of the molecule is CC(C)(C)OC(=O)n1c(=O)[nH]c2ccc(C(F)(C(F)(F)F)C(F)(F)F)cc21. The lowest BCUT2D eigenvalue weighted by atomic mass is 9.94. The number of benzene rings is 1. The monoisotopic (exact) mass is 402 g/mol. The van der Waals surface area contributed by atoms with E-state index in [1.54, 1.807) is 0 Å². The van der Waals surface area contributed by atoms with Gasteiger partial charge in [0.15, 0.2) is 0 Å². The van der Waals surface area contributed by atoms with E-state index in [0.29, 0.717) is 6.07 Å². The second-order valence-electron chi connectivity index (χ2n) is 6.63. The van der Waals surface area contributed by atoms with E-state index < -0.39 is 46.5 Å². The summed E-state index contributed by atoms with van der Waals surface area (Å²) in [4.78, 5) is 26.1. The van der Waals surface area contributed by atoms with Crippen molar-refractivity contribution in [2.45, 2.75) is 44.4 Å². The predicted octanol–water partition coefficient (Wildman–Crippen LogP) is 4.40. The number of hydrogen-bond acceptors (Lipinski definition) is 3. The van der Waals surface area contributed by atoms with Gasteiger partial charge in [-0.15, -0.1) is 0 Å². The fourth-order valence-corrected chi connectivity index (χ4v) is 2.29. The lowest BCUT2D eigenvalue weighted by molar-refractivity contribution is -0.348. The van der Waals surface area contributed by atoms with Gasteiger partial charge in [0.1, 0.15) is 5.60 Å². The van der Waals surface area contributed by atoms with Gasteiger partial charge in [0.05, 0.1) is 11.0 Å². The molecule has 150 valence electrons. The lowest BCUT2D eigenvalue weighted by Gasteiger charge is -2.30. The molecule has 0 bridgehead atoms. The van der Waals surface area contributed by atoms with Crippen LogP contribution in [0.2, 0.25) is 0 Å². The van der Waals surface area contributed by atoms with Gasteiger partial charge in [0.25, 0.3) is 0 Å². The highest BCUT2D eigenvalue weighted by Gasteiger charge is 2.73. The molecule has 12 heteroatoms. The number of carbonyl (C=O) groups is 1. The molecule has 0 spiro atoms. The van der Waals surface area contributed by atoms with Gasteiger partial charge in [-0.1, -0.05) is 6.07 Å². The summed E-state index contributed by atoms with van der Waals surface area (Å²) in [5, 5.41) is 0. The first-order chi connectivity index (χ1) is 12.0. The van der Waals surface area contributed by atoms with Gasteiger partial charge < -0.3 is 9.72 Å². The molecule has 5 nitrogen and oxygen atoms in total. The number of alkyl halides is 7. The molecular weight excluding hydrogens is 389 g/mol. The van der Waals surface area contributed by atoms with Crippen molar-refractivity contribution in [1.29, 1.82) is 0 Å². The first-order valence-corrected chi connectivity index (χ1v) is 7.30. The highest BCUT2D eigenvalue weighted by Crippen LogP contribution is 2.53. The summed E-state index contributed by atoms with van der Waals surface area (Å²) in [6.45, 7) is 4.28. The highest BCUT2D eigenvalue weighted by molar-refractivity contribution is 5.87. The van der Waals surface area contributed by atoms with Crippen LogP contribution in [0.25, 0.3) is 11.0 Å². The van der Waals surface area contributed by atoms with Gasteiger partial charge in [0.2, 0.25) is 0 Å². The third-order valence-electron chi connectivity index (χ3n) is 3.44. The zero-order valence-electron chi connectivity index (χ0n) is 14.0. The zero-order chi connectivity index (χ0) is 21.0. The Morgan fingerprint density at radius 1 is 1.00 bits per heavy atom. The second-order valence-corrected chi connectivity index (χ2v) is 6.63. The zero-order valence-corrected chi connectivity index (χ0v) is 14.0. The number of nitrogens with one attached hydrogen (secondary N) is 1. The average molecular weight is 402 g/mol. The maximum absolute atomic E-state index is 14.2. The Kier molecular flexibility index (Phi) is 4.61. The topological polar surface area (TPSA) is 64.1 Å². The van der Waals surface area contributed by atoms with Crippen molar-refractivity contribution in [3.63, 3.8) is 0 Å². The smallest absolute Gasteiger partial charge is 0.435 e. The molecule has 1 aromatic carbocycles. The summed E-state index contributed by atoms with van der Waals surface area (Å²) in [7, 11) is 0. The first kappa shape index (κ1) is 20.8. The number of fused-ring (bicyclic) bond motifs is 1. The molecule has 1 N–H and O–H groups in total. The average Bonchev–Trinajstić information content (AvgIpc) is 2.76. The van der Waals surface area contributed by atoms with Gasteiger partial charge >= 0.3 is 29.8 Å². The third kappa shape index (κ3) is 3.52. The van der Waals surface area contributed by atoms with Crippen LogP contribution < -0.4 is 5.69 Å². The fraction of sp³-hybridized carbons (Fsp3) is 0.467. The first-order valence-electron chi connectivity index (χ1n) is 7.30. The lowest BCUT2D eigenvalue weighted by Crippen LogP contribution is -2.50. The number of halogens is 7. The van der Waals surface area contributed by atoms with Gasteiger partial charge in [-0.2, -0.15) is 30.9 Å². The normalized spacial score (nSPS) is 13.9. The Morgan fingerprint density at radius 3 is 1.96 bits per heavy atom. The molecule has 0 aliphatic rings. The highest BCUT2D eigenvalue weighted by atomic mass is 19.4. The number of H-pyrrole nitrogens is 1. The van der Waals surface area contributed by atoms with Crippen LogP contribution in [0.15, 0.2) is 23.0 Å². The van der Waals surface area contributed by atoms with E-state index in [0.717, 1.165) is 0 Å². The molecular formula is C15H13F7N2O3. The van der Waals surface area contributed by atoms with Gasteiger partial charge in [-0.3, -0.25) is 0 Å². The molecule has 0 aliphatic heterocycles. The van der Waals surface area contributed by atoms with Crippen molar-refractivity contribution < 1.29 is 40.3 Å². The summed E-state index contributed by atoms with van der Waals surface area (Å²) >= 11 is 0. The number of carbonyl (C=O) groups excluding carboxylic acids is 1. The standard InChI is InChI=1S/C15H13F7N2O3/c1-12(2,3)27-11(26)24-9-6-7(4-5-8(9)23-10(24)25)13(16,14(17,18)19)15(20,21)22/h4-6H,1-3H3,(H,23,25). The Hall–Kier alpha value is -2.53. The van der Waals surface area contributed by atoms with Crippen LogP contribution in [0, 0.1) is 0 Å². The molecule has 0 fully saturated rings. The second kappa shape index (κ2) is 5.99. The largest absolute Gasteiger partial charge is 0.443 e. The van der Waals surface area contributed by atoms with Crippen LogP contribution in [0.5, 0.6) is 0 Å². The molecule has 0 saturated carbocycles. The molecule has 1 heterocycles. The van der Waals surface area contributed by atoms with Crippen LogP contribution in [0.4, 0.5) is 35.5 Å². The number of rotatable bonds is 1. The Morgan fingerprint density at radius 2 is 1.52 bits per heavy atom. The van der Waals surface area contributed by atoms with Crippen LogP contribution in [0.3, 0.4) is 0 Å². The van der Waals surface area contributed by atoms with E-state index in [2.05, 4.69) is 4.98 Å². The molecule has 2 aromatic rings. The maximum Gasteiger partial charge on any atom is 0.435 e. The minimum atomic E-state index is -6.33. The molecule has 2 rings (SSSR count). The Labute approximate surface area is 146 Å². The van der Waals surface area contributed by atoms with Crippen LogP contribution in [0.1, 0.15) is 26.3 Å². The van der Waals surface area contributed by atoms with E-state index in [1.165, 1.54) is 20.8 Å². The van der Waals surface area contributed by atoms with Gasteiger partial charge in [0, 0.05) is 5.56 Å². The van der Waals surface area contributed by atoms with Crippen LogP contribution in [-0.2, 0) is 10.4 Å². The molecule has 0 amide bonds. The fourth-order valence-electron chi connectivity index (χ4n) is 2.29. The van der Waals surface area contributed by atoms with E-state index >= 15 is 0 Å². The van der Waals surface area contributed by atoms with Crippen molar-refractivity contribution >= 4 is 17.1 Å². The van der Waals surface area contributed by atoms with Crippen molar-refractivity contribution in [1.82, 2.24) is 9.55 Å². The van der Waals surface area contributed by atoms with E-state index in [4.69, 9.17) is 4.74 Å². The number of nitrogens with zero attached hydrogens (tertiary/aromatic N) is 1. The third-order valence-corrected chi connectivity index (χ3v) is 3.44. The molecule has 27 heavy (non-hydrogen) atoms. The van der Waals surface area contributed by atoms with Crippen LogP contribution >= 0.6 is 0 Å². The van der Waals surface area contributed by atoms with Crippen LogP contribution in [-0.4, -0.2) is 33.6 Å². The number of hydrogen-bond donors (Lipinski definition) is 1. The summed E-state index contributed by atoms with van der Waals surface area (Å²) in [5.74, 6) is 0. The van der Waals surface area contributed by atoms with E-state index in [1.807, 2.05) is 0 Å². The van der Waals surface area contributed by atoms with E-state index in [-0.39, 0.29) is 22.2 Å². The summed E-state index contributed by atoms with van der Waals surface area (Å²) in [6.07, 6.45) is -14.0. The molecule has 1 aromatic heterocycles. The quantitative estimate of drug-likeness (QED) is 0.720. The predicted molar refractivity (Wildman–Crippen MR) is 79.1 cm³/mol. The minimum absolute atomic E-state index is 0.137. The molecule has 0 radical (unpaired) electrons. The molecule has 0 unspecified atom stereocenters. The summed E-state index contributed by atoms with van der Waals surface area (Å²) in [5.41, 5.74) is -10.8. The minimum Gasteiger partial charge on any atom is -0.443 e. The van der Waals surface area contributed by atoms with Crippen molar-refractivity contribution in [3.05, 3.63) is 34.2 Å². The summed E-state index contributed by atoms with van der Waals surface area (Å²) in [6, 6.07) is 1.01. The molecule has 0 saturated heterocycles. The van der Waals surface area contributed by atoms with Crippen molar-refractivity contribution in [2.24, 2.45) is 0 Å². The maximum atomic E-state index is 14.2. The van der Waals surface area contributed by atoms with Crippen molar-refractivity contribution in [3.8, 4) is 0 Å². The Bertz CT molecular complexity index is 918. The molecule has 0 atom stereocenters. The number of imidazole rings is 1. The number of ether oxygens (including phenoxy) is 1. The summed E-state index contributed by atoms with van der Waals surface area (Å²) < 4.78 is 96.8. The Balaban J connectivity index is 2.75. The van der Waals surface area contributed by atoms with E-state index in [9.17, 15) is 40.3 Å². The van der Waals surface area contributed by atoms with Gasteiger partial charge in [-0.05, 0) is 32.9 Å². The molecule has 0 aliphatic carbocycles.